The molecule has 2 N–H and O–H groups in total. The molecule has 0 amide bonds. The molecule has 0 spiro atoms. The van der Waals surface area contributed by atoms with E-state index in [2.05, 4.69) is 0 Å². The maximum Gasteiger partial charge on any atom is 0.183 e. The monoisotopic (exact) mass is 262 g/mol. The predicted molar refractivity (Wildman–Crippen MR) is 77.3 cm³/mol. The van der Waals surface area contributed by atoms with Gasteiger partial charge in [-0.15, -0.1) is 0 Å². The van der Waals surface area contributed by atoms with Gasteiger partial charge >= 0.3 is 0 Å². The minimum atomic E-state index is -0.345. The Morgan fingerprint density at radius 2 is 1.58 bits per heavy atom. The lowest BCUT2D eigenvalue weighted by Crippen LogP contribution is -2.09. The van der Waals surface area contributed by atoms with Crippen LogP contribution in [0.2, 0.25) is 0 Å². The van der Waals surface area contributed by atoms with E-state index in [1.165, 1.54) is 0 Å². The number of nitrogens with one attached hydrogen (secondary N) is 2. The van der Waals surface area contributed by atoms with Crippen molar-refractivity contribution < 1.29 is 9.47 Å². The van der Waals surface area contributed by atoms with Crippen LogP contribution in [0.15, 0.2) is 24.3 Å². The molecule has 0 aliphatic rings. The molecule has 1 aromatic carbocycles. The lowest BCUT2D eigenvalue weighted by atomic mass is 10.0. The number of hydrogen-bond donors (Lipinski definition) is 2. The molecule has 0 unspecified atom stereocenters. The Hall–Kier alpha value is -1.52. The molecule has 1 aromatic rings. The summed E-state index contributed by atoms with van der Waals surface area (Å²) >= 11 is 0. The second kappa shape index (κ2) is 7.81. The average molecular weight is 262 g/mol. The van der Waals surface area contributed by atoms with Gasteiger partial charge in [-0.05, 0) is 26.3 Å². The van der Waals surface area contributed by atoms with Crippen molar-refractivity contribution >= 4 is 11.4 Å². The van der Waals surface area contributed by atoms with Crippen LogP contribution >= 0.6 is 0 Å². The van der Waals surface area contributed by atoms with Gasteiger partial charge in [-0.3, -0.25) is 0 Å². The summed E-state index contributed by atoms with van der Waals surface area (Å²) in [6, 6.07) is 7.59. The molecule has 0 atom stereocenters. The van der Waals surface area contributed by atoms with Crippen molar-refractivity contribution in [2.45, 2.75) is 33.5 Å². The molecule has 0 aliphatic heterocycles. The van der Waals surface area contributed by atoms with Crippen LogP contribution in [0.25, 0.3) is 0 Å². The zero-order chi connectivity index (χ0) is 14.3. The first-order valence-corrected chi connectivity index (χ1v) is 6.53. The lowest BCUT2D eigenvalue weighted by molar-refractivity contribution is -0.140. The van der Waals surface area contributed by atoms with Gasteiger partial charge in [-0.25, -0.2) is 0 Å². The summed E-state index contributed by atoms with van der Waals surface area (Å²) in [6.07, 6.45) is 0.0439. The van der Waals surface area contributed by atoms with Crippen LogP contribution in [-0.2, 0) is 9.47 Å². The third-order valence-corrected chi connectivity index (χ3v) is 2.61. The standard InChI is InChI=1S/C15H22N2O2/c1-4-18-15(19-5-2)13-8-6-12(7-9-13)14(17)10-11(3)16/h6-9,15-17H,4-5,10H2,1-3H3. The highest BCUT2D eigenvalue weighted by Gasteiger charge is 2.11. The molecular weight excluding hydrogens is 240 g/mol. The van der Waals surface area contributed by atoms with Gasteiger partial charge in [0.25, 0.3) is 0 Å². The van der Waals surface area contributed by atoms with Crippen LogP contribution in [0.1, 0.15) is 44.6 Å². The van der Waals surface area contributed by atoms with E-state index < -0.39 is 0 Å². The van der Waals surface area contributed by atoms with Gasteiger partial charge in [0.1, 0.15) is 0 Å². The fourth-order valence-electron chi connectivity index (χ4n) is 1.75. The largest absolute Gasteiger partial charge is 0.349 e. The smallest absolute Gasteiger partial charge is 0.183 e. The molecule has 19 heavy (non-hydrogen) atoms. The molecule has 1 rings (SSSR count). The maximum absolute atomic E-state index is 7.90. The average Bonchev–Trinajstić information content (AvgIpc) is 2.38. The van der Waals surface area contributed by atoms with Gasteiger partial charge < -0.3 is 20.3 Å². The molecule has 0 bridgehead atoms. The van der Waals surface area contributed by atoms with Gasteiger partial charge in [0.2, 0.25) is 0 Å². The molecule has 0 saturated carbocycles. The Bertz CT molecular complexity index is 420. The van der Waals surface area contributed by atoms with E-state index in [1.54, 1.807) is 6.92 Å². The van der Waals surface area contributed by atoms with Gasteiger partial charge in [-0.2, -0.15) is 0 Å². The zero-order valence-electron chi connectivity index (χ0n) is 11.8. The van der Waals surface area contributed by atoms with Crippen molar-refractivity contribution in [2.24, 2.45) is 0 Å². The molecule has 0 aromatic heterocycles. The Kier molecular flexibility index (Phi) is 6.39. The summed E-state index contributed by atoms with van der Waals surface area (Å²) < 4.78 is 11.0. The van der Waals surface area contributed by atoms with Crippen molar-refractivity contribution in [2.75, 3.05) is 13.2 Å². The van der Waals surface area contributed by atoms with Crippen molar-refractivity contribution in [3.63, 3.8) is 0 Å². The van der Waals surface area contributed by atoms with Crippen molar-refractivity contribution in [3.8, 4) is 0 Å². The highest BCUT2D eigenvalue weighted by molar-refractivity contribution is 6.09. The summed E-state index contributed by atoms with van der Waals surface area (Å²) in [5.41, 5.74) is 2.74. The van der Waals surface area contributed by atoms with Gasteiger partial charge in [0.15, 0.2) is 6.29 Å². The van der Waals surface area contributed by atoms with Crippen LogP contribution in [0.4, 0.5) is 0 Å². The number of ether oxygens (including phenoxy) is 2. The SMILES string of the molecule is CCOC(OCC)c1ccc(C(=N)CC(C)=N)cc1. The molecule has 104 valence electrons. The topological polar surface area (TPSA) is 66.2 Å². The first kappa shape index (κ1) is 15.5. The number of hydrogen-bond acceptors (Lipinski definition) is 4. The molecule has 0 aliphatic carbocycles. The zero-order valence-corrected chi connectivity index (χ0v) is 11.8. The predicted octanol–water partition coefficient (Wildman–Crippen LogP) is 3.56. The molecule has 4 nitrogen and oxygen atoms in total. The first-order chi connectivity index (χ1) is 9.08. The van der Waals surface area contributed by atoms with E-state index >= 15 is 0 Å². The maximum atomic E-state index is 7.90. The van der Waals surface area contributed by atoms with Crippen LogP contribution in [0, 0.1) is 10.8 Å². The Morgan fingerprint density at radius 1 is 1.05 bits per heavy atom. The Balaban J connectivity index is 2.79. The summed E-state index contributed by atoms with van der Waals surface area (Å²) in [4.78, 5) is 0. The van der Waals surface area contributed by atoms with Gasteiger partial charge in [-0.1, -0.05) is 24.3 Å². The van der Waals surface area contributed by atoms with E-state index in [-0.39, 0.29) is 6.29 Å². The highest BCUT2D eigenvalue weighted by atomic mass is 16.7. The molecule has 0 heterocycles. The second-order valence-electron chi connectivity index (χ2n) is 4.30. The minimum absolute atomic E-state index is 0.345. The molecule has 4 heteroatoms. The van der Waals surface area contributed by atoms with Crippen LogP contribution in [0.3, 0.4) is 0 Å². The quantitative estimate of drug-likeness (QED) is 0.555. The Labute approximate surface area is 114 Å². The normalized spacial score (nSPS) is 10.7. The van der Waals surface area contributed by atoms with Crippen LogP contribution < -0.4 is 0 Å². The van der Waals surface area contributed by atoms with Crippen molar-refractivity contribution in [3.05, 3.63) is 35.4 Å². The first-order valence-electron chi connectivity index (χ1n) is 6.53. The summed E-state index contributed by atoms with van der Waals surface area (Å²) in [6.45, 7) is 6.76. The molecule has 0 radical (unpaired) electrons. The van der Waals surface area contributed by atoms with E-state index in [0.717, 1.165) is 11.1 Å². The summed E-state index contributed by atoms with van der Waals surface area (Å²) in [7, 11) is 0. The Morgan fingerprint density at radius 3 is 2.00 bits per heavy atom. The number of benzene rings is 1. The highest BCUT2D eigenvalue weighted by Crippen LogP contribution is 2.19. The van der Waals surface area contributed by atoms with E-state index in [9.17, 15) is 0 Å². The summed E-state index contributed by atoms with van der Waals surface area (Å²) in [5, 5.41) is 15.3. The summed E-state index contributed by atoms with van der Waals surface area (Å²) in [5.74, 6) is 0. The molecule has 0 fully saturated rings. The fraction of sp³-hybridized carbons (Fsp3) is 0.467. The molecule has 0 saturated heterocycles. The van der Waals surface area contributed by atoms with Crippen LogP contribution in [0.5, 0.6) is 0 Å². The van der Waals surface area contributed by atoms with E-state index in [0.29, 0.717) is 31.1 Å². The molecular formula is C15H22N2O2. The van der Waals surface area contributed by atoms with E-state index in [4.69, 9.17) is 20.3 Å². The minimum Gasteiger partial charge on any atom is -0.349 e. The van der Waals surface area contributed by atoms with Crippen molar-refractivity contribution in [1.29, 1.82) is 10.8 Å². The fourth-order valence-corrected chi connectivity index (χ4v) is 1.75. The second-order valence-corrected chi connectivity index (χ2v) is 4.30. The lowest BCUT2D eigenvalue weighted by Gasteiger charge is -2.17. The third-order valence-electron chi connectivity index (χ3n) is 2.61. The third kappa shape index (κ3) is 4.93. The van der Waals surface area contributed by atoms with Crippen LogP contribution in [-0.4, -0.2) is 24.6 Å². The van der Waals surface area contributed by atoms with Gasteiger partial charge in [0.05, 0.1) is 0 Å². The van der Waals surface area contributed by atoms with Gasteiger partial charge in [0, 0.05) is 36.6 Å². The number of rotatable bonds is 8. The van der Waals surface area contributed by atoms with E-state index in [1.807, 2.05) is 38.1 Å². The van der Waals surface area contributed by atoms with Crippen molar-refractivity contribution in [1.82, 2.24) is 0 Å².